The summed E-state index contributed by atoms with van der Waals surface area (Å²) < 4.78 is 0. The Labute approximate surface area is 78.2 Å². The van der Waals surface area contributed by atoms with Gasteiger partial charge in [0, 0.05) is 11.7 Å². The predicted octanol–water partition coefficient (Wildman–Crippen LogP) is 1.72. The Morgan fingerprint density at radius 3 is 2.45 bits per heavy atom. The second-order valence-corrected chi connectivity index (χ2v) is 3.54. The van der Waals surface area contributed by atoms with Crippen LogP contribution < -0.4 is 0 Å². The van der Waals surface area contributed by atoms with Crippen LogP contribution in [0.5, 0.6) is 0 Å². The molecule has 66 valence electrons. The summed E-state index contributed by atoms with van der Waals surface area (Å²) in [5.41, 5.74) is 0. The maximum absolute atomic E-state index is 10.3. The van der Waals surface area contributed by atoms with Crippen molar-refractivity contribution in [3.63, 3.8) is 0 Å². The maximum Gasteiger partial charge on any atom is 0.303 e. The summed E-state index contributed by atoms with van der Waals surface area (Å²) in [6, 6.07) is 0. The SMILES string of the molecule is CCC(S)C(CS)CC(=O)O. The minimum absolute atomic E-state index is 0.0872. The lowest BCUT2D eigenvalue weighted by atomic mass is 10.0. The molecule has 0 spiro atoms. The smallest absolute Gasteiger partial charge is 0.303 e. The quantitative estimate of drug-likeness (QED) is 0.583. The van der Waals surface area contributed by atoms with Gasteiger partial charge in [0.1, 0.15) is 0 Å². The fraction of sp³-hybridized carbons (Fsp3) is 0.857. The van der Waals surface area contributed by atoms with E-state index >= 15 is 0 Å². The van der Waals surface area contributed by atoms with Crippen molar-refractivity contribution in [1.29, 1.82) is 0 Å². The van der Waals surface area contributed by atoms with Crippen molar-refractivity contribution in [2.45, 2.75) is 25.0 Å². The number of carboxylic acid groups (broad SMARTS) is 1. The van der Waals surface area contributed by atoms with Crippen molar-refractivity contribution in [2.75, 3.05) is 5.75 Å². The Kier molecular flexibility index (Phi) is 5.86. The number of aliphatic carboxylic acids is 1. The predicted molar refractivity (Wildman–Crippen MR) is 52.7 cm³/mol. The Hall–Kier alpha value is 0.170. The van der Waals surface area contributed by atoms with Crippen molar-refractivity contribution < 1.29 is 9.90 Å². The van der Waals surface area contributed by atoms with Crippen molar-refractivity contribution in [2.24, 2.45) is 5.92 Å². The van der Waals surface area contributed by atoms with E-state index in [1.54, 1.807) is 0 Å². The van der Waals surface area contributed by atoms with Crippen LogP contribution in [0.4, 0.5) is 0 Å². The summed E-state index contributed by atoms with van der Waals surface area (Å²) in [4.78, 5) is 10.3. The first-order chi connectivity index (χ1) is 5.11. The molecule has 0 rings (SSSR count). The Morgan fingerprint density at radius 2 is 2.18 bits per heavy atom. The minimum Gasteiger partial charge on any atom is -0.481 e. The molecular formula is C7H14O2S2. The minimum atomic E-state index is -0.767. The van der Waals surface area contributed by atoms with Crippen LogP contribution in [0.15, 0.2) is 0 Å². The molecule has 11 heavy (non-hydrogen) atoms. The Morgan fingerprint density at radius 1 is 1.64 bits per heavy atom. The van der Waals surface area contributed by atoms with Gasteiger partial charge in [-0.25, -0.2) is 0 Å². The van der Waals surface area contributed by atoms with E-state index in [4.69, 9.17) is 5.11 Å². The first-order valence-corrected chi connectivity index (χ1v) is 4.77. The second kappa shape index (κ2) is 5.77. The molecule has 0 aliphatic rings. The van der Waals surface area contributed by atoms with E-state index in [9.17, 15) is 4.79 Å². The van der Waals surface area contributed by atoms with Gasteiger partial charge in [0.25, 0.3) is 0 Å². The van der Waals surface area contributed by atoms with Gasteiger partial charge < -0.3 is 5.11 Å². The van der Waals surface area contributed by atoms with E-state index in [-0.39, 0.29) is 17.6 Å². The largest absolute Gasteiger partial charge is 0.481 e. The summed E-state index contributed by atoms with van der Waals surface area (Å²) >= 11 is 8.34. The molecule has 0 fully saturated rings. The molecular weight excluding hydrogens is 180 g/mol. The summed E-state index contributed by atoms with van der Waals surface area (Å²) in [7, 11) is 0. The van der Waals surface area contributed by atoms with Crippen LogP contribution >= 0.6 is 25.3 Å². The summed E-state index contributed by atoms with van der Waals surface area (Å²) in [5, 5.41) is 8.65. The molecule has 0 radical (unpaired) electrons. The molecule has 0 aromatic rings. The summed E-state index contributed by atoms with van der Waals surface area (Å²) in [6.07, 6.45) is 1.06. The van der Waals surface area contributed by atoms with E-state index in [1.165, 1.54) is 0 Å². The van der Waals surface area contributed by atoms with Gasteiger partial charge in [0.05, 0.1) is 0 Å². The van der Waals surface area contributed by atoms with Gasteiger partial charge in [-0.1, -0.05) is 6.92 Å². The van der Waals surface area contributed by atoms with Crippen LogP contribution in [0, 0.1) is 5.92 Å². The number of thiol groups is 2. The van der Waals surface area contributed by atoms with Gasteiger partial charge in [-0.3, -0.25) is 4.79 Å². The highest BCUT2D eigenvalue weighted by Gasteiger charge is 2.17. The van der Waals surface area contributed by atoms with Gasteiger partial charge in [0.15, 0.2) is 0 Å². The molecule has 4 heteroatoms. The zero-order valence-corrected chi connectivity index (χ0v) is 8.31. The molecule has 0 saturated carbocycles. The highest BCUT2D eigenvalue weighted by molar-refractivity contribution is 7.81. The molecule has 0 aliphatic carbocycles. The van der Waals surface area contributed by atoms with Gasteiger partial charge in [-0.05, 0) is 18.1 Å². The lowest BCUT2D eigenvalue weighted by molar-refractivity contribution is -0.137. The highest BCUT2D eigenvalue weighted by Crippen LogP contribution is 2.18. The standard InChI is InChI=1S/C7H14O2S2/c1-2-6(11)5(4-10)3-7(8)9/h5-6,10-11H,2-4H2,1H3,(H,8,9). The molecule has 0 bridgehead atoms. The first kappa shape index (κ1) is 11.2. The molecule has 0 aromatic heterocycles. The number of carbonyl (C=O) groups is 1. The molecule has 0 aromatic carbocycles. The van der Waals surface area contributed by atoms with E-state index in [0.717, 1.165) is 6.42 Å². The first-order valence-electron chi connectivity index (χ1n) is 3.62. The highest BCUT2D eigenvalue weighted by atomic mass is 32.1. The van der Waals surface area contributed by atoms with E-state index in [2.05, 4.69) is 25.3 Å². The van der Waals surface area contributed by atoms with Crippen LogP contribution in [0.3, 0.4) is 0 Å². The lowest BCUT2D eigenvalue weighted by Crippen LogP contribution is -2.19. The monoisotopic (exact) mass is 194 g/mol. The summed E-state index contributed by atoms with van der Waals surface area (Å²) in [5.74, 6) is -0.0883. The molecule has 2 unspecified atom stereocenters. The third-order valence-electron chi connectivity index (χ3n) is 1.63. The second-order valence-electron chi connectivity index (χ2n) is 2.52. The molecule has 0 saturated heterocycles. The van der Waals surface area contributed by atoms with E-state index in [0.29, 0.717) is 5.75 Å². The zero-order chi connectivity index (χ0) is 8.85. The maximum atomic E-state index is 10.3. The zero-order valence-electron chi connectivity index (χ0n) is 6.53. The molecule has 0 heterocycles. The number of hydrogen-bond acceptors (Lipinski definition) is 3. The average Bonchev–Trinajstić information content (AvgIpc) is 1.98. The Bertz CT molecular complexity index is 128. The molecule has 1 N–H and O–H groups in total. The van der Waals surface area contributed by atoms with Crippen molar-refractivity contribution in [3.05, 3.63) is 0 Å². The van der Waals surface area contributed by atoms with Crippen LogP contribution in [0.25, 0.3) is 0 Å². The third kappa shape index (κ3) is 4.58. The van der Waals surface area contributed by atoms with Crippen molar-refractivity contribution in [3.8, 4) is 0 Å². The number of rotatable bonds is 5. The van der Waals surface area contributed by atoms with Crippen LogP contribution in [0.2, 0.25) is 0 Å². The van der Waals surface area contributed by atoms with E-state index < -0.39 is 5.97 Å². The van der Waals surface area contributed by atoms with Crippen LogP contribution in [0.1, 0.15) is 19.8 Å². The molecule has 2 atom stereocenters. The molecule has 0 amide bonds. The third-order valence-corrected chi connectivity index (χ3v) is 2.89. The number of hydrogen-bond donors (Lipinski definition) is 3. The molecule has 0 aliphatic heterocycles. The number of carboxylic acids is 1. The van der Waals surface area contributed by atoms with Crippen molar-refractivity contribution in [1.82, 2.24) is 0 Å². The van der Waals surface area contributed by atoms with Crippen LogP contribution in [-0.4, -0.2) is 22.1 Å². The fourth-order valence-electron chi connectivity index (χ4n) is 0.880. The van der Waals surface area contributed by atoms with Crippen molar-refractivity contribution >= 4 is 31.2 Å². The van der Waals surface area contributed by atoms with Crippen LogP contribution in [-0.2, 0) is 4.79 Å². The lowest BCUT2D eigenvalue weighted by Gasteiger charge is -2.17. The summed E-state index contributed by atoms with van der Waals surface area (Å²) in [6.45, 7) is 2.00. The molecule has 2 nitrogen and oxygen atoms in total. The normalized spacial score (nSPS) is 15.9. The topological polar surface area (TPSA) is 37.3 Å². The Balaban J connectivity index is 3.84. The average molecular weight is 194 g/mol. The van der Waals surface area contributed by atoms with Gasteiger partial charge in [0.2, 0.25) is 0 Å². The van der Waals surface area contributed by atoms with Gasteiger partial charge >= 0.3 is 5.97 Å². The fourth-order valence-corrected chi connectivity index (χ4v) is 1.64. The van der Waals surface area contributed by atoms with Gasteiger partial charge in [-0.2, -0.15) is 25.3 Å². The van der Waals surface area contributed by atoms with E-state index in [1.807, 2.05) is 6.92 Å². The van der Waals surface area contributed by atoms with Gasteiger partial charge in [-0.15, -0.1) is 0 Å².